The summed E-state index contributed by atoms with van der Waals surface area (Å²) in [5.74, 6) is -2.16. The highest BCUT2D eigenvalue weighted by atomic mass is 32.1. The highest BCUT2D eigenvalue weighted by molar-refractivity contribution is 7.17. The Morgan fingerprint density at radius 2 is 1.98 bits per heavy atom. The van der Waals surface area contributed by atoms with Gasteiger partial charge in [0.05, 0.1) is 35.8 Å². The van der Waals surface area contributed by atoms with Crippen molar-refractivity contribution in [2.24, 2.45) is 0 Å². The maximum Gasteiger partial charge on any atom is 0.417 e. The van der Waals surface area contributed by atoms with Gasteiger partial charge >= 0.3 is 12.4 Å². The van der Waals surface area contributed by atoms with E-state index in [-0.39, 0.29) is 29.1 Å². The molecule has 4 heterocycles. The van der Waals surface area contributed by atoms with Gasteiger partial charge in [-0.25, -0.2) is 9.97 Å². The van der Waals surface area contributed by atoms with Crippen LogP contribution in [0.2, 0.25) is 0 Å². The molecule has 0 aromatic carbocycles. The third-order valence-electron chi connectivity index (χ3n) is 6.78. The van der Waals surface area contributed by atoms with Crippen molar-refractivity contribution in [3.63, 3.8) is 0 Å². The number of rotatable bonds is 7. The summed E-state index contributed by atoms with van der Waals surface area (Å²) in [6.07, 6.45) is -9.15. The molecule has 2 aliphatic heterocycles. The molecule has 1 unspecified atom stereocenters. The van der Waals surface area contributed by atoms with Crippen LogP contribution in [-0.4, -0.2) is 82.0 Å². The van der Waals surface area contributed by atoms with Crippen LogP contribution < -0.4 is 10.6 Å². The predicted molar refractivity (Wildman–Crippen MR) is 132 cm³/mol. The number of aromatic nitrogens is 2. The van der Waals surface area contributed by atoms with E-state index >= 15 is 0 Å². The summed E-state index contributed by atoms with van der Waals surface area (Å²) >= 11 is 0.519. The zero-order chi connectivity index (χ0) is 29.4. The lowest BCUT2D eigenvalue weighted by atomic mass is 10.1. The average molecular weight is 596 g/mol. The number of hydrogen-bond acceptors (Lipinski definition) is 8. The van der Waals surface area contributed by atoms with Gasteiger partial charge in [-0.05, 0) is 32.3 Å². The first-order valence-corrected chi connectivity index (χ1v) is 13.3. The number of carbonyl (C=O) groups excluding carboxylic acids is 2. The third kappa shape index (κ3) is 6.33. The fourth-order valence-corrected chi connectivity index (χ4v) is 5.55. The van der Waals surface area contributed by atoms with Gasteiger partial charge in [-0.2, -0.15) is 26.3 Å². The van der Waals surface area contributed by atoms with Crippen molar-refractivity contribution in [1.29, 1.82) is 0 Å². The summed E-state index contributed by atoms with van der Waals surface area (Å²) in [7, 11) is 0. The van der Waals surface area contributed by atoms with Crippen LogP contribution >= 0.6 is 11.3 Å². The number of ether oxygens (including phenoxy) is 1. The van der Waals surface area contributed by atoms with E-state index in [0.29, 0.717) is 36.8 Å². The molecule has 0 bridgehead atoms. The Kier molecular flexibility index (Phi) is 8.61. The lowest BCUT2D eigenvalue weighted by Crippen LogP contribution is -2.42. The van der Waals surface area contributed by atoms with Crippen molar-refractivity contribution in [1.82, 2.24) is 20.2 Å². The van der Waals surface area contributed by atoms with Crippen molar-refractivity contribution in [3.05, 3.63) is 28.5 Å². The molecule has 0 spiro atoms. The van der Waals surface area contributed by atoms with Crippen molar-refractivity contribution in [3.8, 4) is 10.4 Å². The number of likely N-dealkylation sites (tertiary alicyclic amines) is 1. The summed E-state index contributed by atoms with van der Waals surface area (Å²) in [5, 5.41) is 14.1. The third-order valence-corrected chi connectivity index (χ3v) is 7.87. The molecule has 2 aromatic heterocycles. The second-order valence-electron chi connectivity index (χ2n) is 9.63. The number of carbonyl (C=O) groups is 2. The molecule has 2 aromatic rings. The minimum atomic E-state index is -5.05. The van der Waals surface area contributed by atoms with Crippen molar-refractivity contribution in [2.75, 3.05) is 25.1 Å². The van der Waals surface area contributed by atoms with Crippen molar-refractivity contribution < 1.29 is 45.8 Å². The van der Waals surface area contributed by atoms with Gasteiger partial charge in [-0.3, -0.25) is 9.59 Å². The van der Waals surface area contributed by atoms with Gasteiger partial charge in [0.15, 0.2) is 5.01 Å². The van der Waals surface area contributed by atoms with E-state index in [0.717, 1.165) is 6.20 Å². The molecule has 40 heavy (non-hydrogen) atoms. The molecular formula is C24H27F6N5O4S. The molecule has 2 aliphatic rings. The van der Waals surface area contributed by atoms with E-state index in [4.69, 9.17) is 4.74 Å². The molecule has 0 radical (unpaired) electrons. The number of amides is 2. The Morgan fingerprint density at radius 1 is 1.25 bits per heavy atom. The maximum atomic E-state index is 14.2. The fraction of sp³-hybridized carbons (Fsp3) is 0.583. The Morgan fingerprint density at radius 3 is 2.52 bits per heavy atom. The van der Waals surface area contributed by atoms with Crippen LogP contribution in [0.4, 0.5) is 32.2 Å². The lowest BCUT2D eigenvalue weighted by Gasteiger charge is -2.22. The van der Waals surface area contributed by atoms with Gasteiger partial charge < -0.3 is 25.4 Å². The Hall–Kier alpha value is -2.98. The van der Waals surface area contributed by atoms with Crippen molar-refractivity contribution in [2.45, 2.75) is 69.7 Å². The molecule has 0 saturated carbocycles. The zero-order valence-corrected chi connectivity index (χ0v) is 22.2. The molecule has 2 amide bonds. The van der Waals surface area contributed by atoms with Crippen LogP contribution in [0.5, 0.6) is 0 Å². The summed E-state index contributed by atoms with van der Waals surface area (Å²) in [6, 6.07) is -2.68. The Labute approximate surface area is 228 Å². The summed E-state index contributed by atoms with van der Waals surface area (Å²) < 4.78 is 87.5. The molecule has 16 heteroatoms. The number of hydrogen-bond donors (Lipinski definition) is 3. The number of thiazole rings is 1. The lowest BCUT2D eigenvalue weighted by molar-refractivity contribution is -0.142. The van der Waals surface area contributed by atoms with Gasteiger partial charge in [-0.15, -0.1) is 11.3 Å². The molecule has 9 nitrogen and oxygen atoms in total. The summed E-state index contributed by atoms with van der Waals surface area (Å²) in [4.78, 5) is 35.4. The predicted octanol–water partition coefficient (Wildman–Crippen LogP) is 4.09. The highest BCUT2D eigenvalue weighted by Gasteiger charge is 2.41. The first-order chi connectivity index (χ1) is 18.7. The molecule has 2 saturated heterocycles. The van der Waals surface area contributed by atoms with Crippen LogP contribution in [0.25, 0.3) is 10.4 Å². The number of anilines is 1. The standard InChI is InChI=1S/C24H27F6N5O4S/c1-3-16(24(28,29)30)33-17-7-13(23(25,26)27)12(8-31-17)19-18(22(38)35-6-4-5-11(35)2)34-21(40-19)20(37)32-14-9-39-10-15(14)36/h7-8,11,14-16,36H,3-6,9-10H2,1-2H3,(H,31,33)(H,32,37)/t11-,14+,15+,16?/m0/s1. The number of nitrogens with one attached hydrogen (secondary N) is 2. The fourth-order valence-electron chi connectivity index (χ4n) is 4.57. The molecule has 4 atom stereocenters. The molecule has 0 aliphatic carbocycles. The van der Waals surface area contributed by atoms with E-state index in [1.165, 1.54) is 11.8 Å². The average Bonchev–Trinajstić information content (AvgIpc) is 3.61. The normalized spacial score (nSPS) is 22.4. The molecule has 2 fully saturated rings. The SMILES string of the molecule is CCC(Nc1cc(C(F)(F)F)c(-c2sc(C(=O)N[C@@H]3COC[C@H]3O)nc2C(=O)N2CCC[C@@H]2C)cn1)C(F)(F)F. The monoisotopic (exact) mass is 595 g/mol. The first-order valence-electron chi connectivity index (χ1n) is 12.5. The molecule has 4 rings (SSSR count). The summed E-state index contributed by atoms with van der Waals surface area (Å²) in [6.45, 7) is 3.34. The van der Waals surface area contributed by atoms with Gasteiger partial charge in [0.1, 0.15) is 17.6 Å². The topological polar surface area (TPSA) is 117 Å². The van der Waals surface area contributed by atoms with Crippen LogP contribution in [0.3, 0.4) is 0 Å². The van der Waals surface area contributed by atoms with Crippen LogP contribution in [0.15, 0.2) is 12.3 Å². The van der Waals surface area contributed by atoms with Crippen LogP contribution in [0.1, 0.15) is 59.0 Å². The number of aliphatic hydroxyl groups excluding tert-OH is 1. The minimum absolute atomic E-state index is 0.00943. The Balaban J connectivity index is 1.78. The molecular weight excluding hydrogens is 568 g/mol. The van der Waals surface area contributed by atoms with E-state index in [2.05, 4.69) is 15.3 Å². The highest BCUT2D eigenvalue weighted by Crippen LogP contribution is 2.42. The van der Waals surface area contributed by atoms with E-state index in [1.807, 2.05) is 5.32 Å². The number of aliphatic hydroxyl groups is 1. The number of alkyl halides is 6. The Bertz CT molecular complexity index is 1250. The second-order valence-corrected chi connectivity index (χ2v) is 10.6. The quantitative estimate of drug-likeness (QED) is 0.413. The van der Waals surface area contributed by atoms with Gasteiger partial charge in [0.2, 0.25) is 0 Å². The first kappa shape index (κ1) is 30.0. The maximum absolute atomic E-state index is 14.2. The van der Waals surface area contributed by atoms with Crippen molar-refractivity contribution >= 4 is 29.0 Å². The van der Waals surface area contributed by atoms with Gasteiger partial charge in [0, 0.05) is 24.3 Å². The van der Waals surface area contributed by atoms with E-state index < -0.39 is 71.4 Å². The molecule has 220 valence electrons. The number of nitrogens with zero attached hydrogens (tertiary/aromatic N) is 3. The van der Waals surface area contributed by atoms with Crippen LogP contribution in [0, 0.1) is 0 Å². The number of pyridine rings is 1. The largest absolute Gasteiger partial charge is 0.417 e. The van der Waals surface area contributed by atoms with Gasteiger partial charge in [0.25, 0.3) is 11.8 Å². The smallest absolute Gasteiger partial charge is 0.388 e. The molecule has 3 N–H and O–H groups in total. The van der Waals surface area contributed by atoms with E-state index in [9.17, 15) is 41.0 Å². The van der Waals surface area contributed by atoms with Crippen LogP contribution in [-0.2, 0) is 10.9 Å². The second kappa shape index (κ2) is 11.5. The summed E-state index contributed by atoms with van der Waals surface area (Å²) in [5.41, 5.74) is -2.35. The van der Waals surface area contributed by atoms with Gasteiger partial charge in [-0.1, -0.05) is 6.92 Å². The minimum Gasteiger partial charge on any atom is -0.388 e. The number of halogens is 6. The van der Waals surface area contributed by atoms with E-state index in [1.54, 1.807) is 6.92 Å². The zero-order valence-electron chi connectivity index (χ0n) is 21.4.